The van der Waals surface area contributed by atoms with Crippen molar-refractivity contribution in [1.29, 1.82) is 0 Å². The highest BCUT2D eigenvalue weighted by molar-refractivity contribution is 5.76. The predicted octanol–water partition coefficient (Wildman–Crippen LogP) is -1.76. The minimum Gasteiger partial charge on any atom is -0.330 e. The zero-order valence-electron chi connectivity index (χ0n) is 8.43. The van der Waals surface area contributed by atoms with E-state index in [4.69, 9.17) is 4.84 Å². The molecule has 1 aromatic rings. The van der Waals surface area contributed by atoms with Gasteiger partial charge in [0, 0.05) is 6.07 Å². The molecule has 7 nitrogen and oxygen atoms in total. The van der Waals surface area contributed by atoms with Gasteiger partial charge in [0.25, 0.3) is 5.56 Å². The third-order valence-electron chi connectivity index (χ3n) is 2.32. The lowest BCUT2D eigenvalue weighted by atomic mass is 10.2. The van der Waals surface area contributed by atoms with Crippen molar-refractivity contribution >= 4 is 5.97 Å². The van der Waals surface area contributed by atoms with Gasteiger partial charge in [-0.1, -0.05) is 0 Å². The largest absolute Gasteiger partial charge is 0.361 e. The first-order valence-electron chi connectivity index (χ1n) is 4.94. The van der Waals surface area contributed by atoms with Crippen molar-refractivity contribution in [2.24, 2.45) is 0 Å². The number of nitrogens with zero attached hydrogens (tertiary/aromatic N) is 1. The normalized spacial score (nSPS) is 19.6. The summed E-state index contributed by atoms with van der Waals surface area (Å²) in [6.07, 6.45) is 2.71. The molecule has 16 heavy (non-hydrogen) atoms. The Hall–Kier alpha value is -1.89. The number of nitrogens with one attached hydrogen (secondary N) is 2. The summed E-state index contributed by atoms with van der Waals surface area (Å²) in [5, 5.41) is 2.95. The Morgan fingerprint density at radius 2 is 2.31 bits per heavy atom. The van der Waals surface area contributed by atoms with Gasteiger partial charge in [0.15, 0.2) is 0 Å². The molecule has 1 aromatic heterocycles. The van der Waals surface area contributed by atoms with Gasteiger partial charge in [-0.15, -0.1) is 4.73 Å². The van der Waals surface area contributed by atoms with Gasteiger partial charge >= 0.3 is 11.7 Å². The van der Waals surface area contributed by atoms with Crippen LogP contribution in [0.5, 0.6) is 0 Å². The molecule has 0 amide bonds. The van der Waals surface area contributed by atoms with Gasteiger partial charge in [-0.25, -0.2) is 9.59 Å². The minimum atomic E-state index is -0.765. The summed E-state index contributed by atoms with van der Waals surface area (Å²) >= 11 is 0. The minimum absolute atomic E-state index is 0.376. The van der Waals surface area contributed by atoms with Crippen LogP contribution in [0, 0.1) is 0 Å². The first-order chi connectivity index (χ1) is 7.66. The summed E-state index contributed by atoms with van der Waals surface area (Å²) < 4.78 is 0.712. The highest BCUT2D eigenvalue weighted by Crippen LogP contribution is 2.04. The molecule has 0 radical (unpaired) electrons. The average molecular weight is 225 g/mol. The number of carbonyl (C=O) groups is 1. The van der Waals surface area contributed by atoms with E-state index >= 15 is 0 Å². The summed E-state index contributed by atoms with van der Waals surface area (Å²) in [5.41, 5.74) is -1.30. The summed E-state index contributed by atoms with van der Waals surface area (Å²) in [6.45, 7) is 0.764. The topological polar surface area (TPSA) is 93.2 Å². The van der Waals surface area contributed by atoms with Crippen molar-refractivity contribution in [3.8, 4) is 0 Å². The van der Waals surface area contributed by atoms with Crippen LogP contribution in [-0.2, 0) is 4.79 Å². The van der Waals surface area contributed by atoms with Crippen LogP contribution in [0.2, 0.25) is 0 Å². The molecule has 2 rings (SSSR count). The molecular formula is C9H11N3O4. The maximum Gasteiger partial charge on any atom is 0.361 e. The smallest absolute Gasteiger partial charge is 0.330 e. The third kappa shape index (κ3) is 2.19. The van der Waals surface area contributed by atoms with E-state index in [-0.39, 0.29) is 6.04 Å². The van der Waals surface area contributed by atoms with Crippen molar-refractivity contribution in [2.45, 2.75) is 18.9 Å². The Bertz CT molecular complexity index is 498. The van der Waals surface area contributed by atoms with Crippen LogP contribution in [-0.4, -0.2) is 28.3 Å². The molecule has 0 saturated carbocycles. The van der Waals surface area contributed by atoms with Gasteiger partial charge in [-0.2, -0.15) is 0 Å². The second-order valence-electron chi connectivity index (χ2n) is 3.50. The Labute approximate surface area is 90.0 Å². The molecule has 1 aliphatic heterocycles. The van der Waals surface area contributed by atoms with Crippen molar-refractivity contribution in [1.82, 2.24) is 15.0 Å². The molecule has 1 aliphatic rings. The van der Waals surface area contributed by atoms with E-state index in [0.29, 0.717) is 11.2 Å². The highest BCUT2D eigenvalue weighted by Gasteiger charge is 2.24. The lowest BCUT2D eigenvalue weighted by Crippen LogP contribution is -2.42. The number of aromatic amines is 1. The molecule has 1 atom stereocenters. The standard InChI is InChI=1S/C9H11N3O4/c13-7-3-5-12(9(15)11-7)16-8(14)6-2-1-4-10-6/h3,5-6,10H,1-2,4H2,(H,11,13,15)/t6-/m0/s1. The lowest BCUT2D eigenvalue weighted by Gasteiger charge is -2.09. The SMILES string of the molecule is O=C(On1ccc(=O)[nH]c1=O)[C@@H]1CCCN1. The number of hydrogen-bond donors (Lipinski definition) is 2. The maximum absolute atomic E-state index is 11.5. The van der Waals surface area contributed by atoms with Crippen LogP contribution >= 0.6 is 0 Å². The molecule has 0 spiro atoms. The third-order valence-corrected chi connectivity index (χ3v) is 2.32. The summed E-state index contributed by atoms with van der Waals surface area (Å²) in [5.74, 6) is -0.522. The summed E-state index contributed by atoms with van der Waals surface area (Å²) in [7, 11) is 0. The fraction of sp³-hybridized carbons (Fsp3) is 0.444. The van der Waals surface area contributed by atoms with E-state index in [0.717, 1.165) is 25.2 Å². The molecule has 7 heteroatoms. The maximum atomic E-state index is 11.5. The van der Waals surface area contributed by atoms with Crippen LogP contribution in [0.4, 0.5) is 0 Å². The fourth-order valence-corrected chi connectivity index (χ4v) is 1.52. The average Bonchev–Trinajstić information content (AvgIpc) is 2.75. The summed E-state index contributed by atoms with van der Waals surface area (Å²) in [4.78, 5) is 40.3. The van der Waals surface area contributed by atoms with E-state index in [1.54, 1.807) is 0 Å². The van der Waals surface area contributed by atoms with Crippen molar-refractivity contribution in [3.05, 3.63) is 33.1 Å². The molecule has 2 N–H and O–H groups in total. The lowest BCUT2D eigenvalue weighted by molar-refractivity contribution is -0.146. The van der Waals surface area contributed by atoms with Gasteiger partial charge in [0.1, 0.15) is 6.04 Å². The molecule has 0 unspecified atom stereocenters. The summed E-state index contributed by atoms with van der Waals surface area (Å²) in [6, 6.07) is 0.732. The van der Waals surface area contributed by atoms with Gasteiger partial charge in [0.05, 0.1) is 6.20 Å². The quantitative estimate of drug-likeness (QED) is 0.622. The Kier molecular flexibility index (Phi) is 2.86. The number of rotatable bonds is 2. The Morgan fingerprint density at radius 3 is 2.94 bits per heavy atom. The zero-order chi connectivity index (χ0) is 11.5. The Morgan fingerprint density at radius 1 is 1.50 bits per heavy atom. The second-order valence-corrected chi connectivity index (χ2v) is 3.50. The molecule has 0 aliphatic carbocycles. The number of hydrogen-bond acceptors (Lipinski definition) is 5. The molecule has 0 bridgehead atoms. The van der Waals surface area contributed by atoms with Crippen molar-refractivity contribution < 1.29 is 9.63 Å². The molecule has 86 valence electrons. The first-order valence-corrected chi connectivity index (χ1v) is 4.94. The number of H-pyrrole nitrogens is 1. The van der Waals surface area contributed by atoms with Crippen LogP contribution < -0.4 is 21.4 Å². The van der Waals surface area contributed by atoms with E-state index in [2.05, 4.69) is 5.32 Å². The van der Waals surface area contributed by atoms with Crippen molar-refractivity contribution in [2.75, 3.05) is 6.54 Å². The van der Waals surface area contributed by atoms with E-state index < -0.39 is 17.2 Å². The van der Waals surface area contributed by atoms with Crippen LogP contribution in [0.15, 0.2) is 21.9 Å². The first kappa shape index (κ1) is 10.6. The monoisotopic (exact) mass is 225 g/mol. The van der Waals surface area contributed by atoms with E-state index in [9.17, 15) is 14.4 Å². The van der Waals surface area contributed by atoms with Gasteiger partial charge in [0.2, 0.25) is 0 Å². The van der Waals surface area contributed by atoms with Crippen LogP contribution in [0.25, 0.3) is 0 Å². The van der Waals surface area contributed by atoms with Gasteiger partial charge in [-0.05, 0) is 19.4 Å². The van der Waals surface area contributed by atoms with E-state index in [1.165, 1.54) is 0 Å². The molecule has 2 heterocycles. The predicted molar refractivity (Wildman–Crippen MR) is 53.9 cm³/mol. The molecular weight excluding hydrogens is 214 g/mol. The van der Waals surface area contributed by atoms with Gasteiger partial charge < -0.3 is 10.2 Å². The van der Waals surface area contributed by atoms with Crippen molar-refractivity contribution in [3.63, 3.8) is 0 Å². The fourth-order valence-electron chi connectivity index (χ4n) is 1.52. The second kappa shape index (κ2) is 4.31. The molecule has 1 fully saturated rings. The Balaban J connectivity index is 2.11. The molecule has 1 saturated heterocycles. The van der Waals surface area contributed by atoms with Crippen LogP contribution in [0.3, 0.4) is 0 Å². The number of aromatic nitrogens is 2. The zero-order valence-corrected chi connectivity index (χ0v) is 8.43. The molecule has 0 aromatic carbocycles. The number of carbonyl (C=O) groups excluding carboxylic acids is 1. The highest BCUT2D eigenvalue weighted by atomic mass is 16.7. The van der Waals surface area contributed by atoms with Crippen LogP contribution in [0.1, 0.15) is 12.8 Å². The van der Waals surface area contributed by atoms with E-state index in [1.807, 2.05) is 4.98 Å². The van der Waals surface area contributed by atoms with Gasteiger partial charge in [-0.3, -0.25) is 9.78 Å².